The Morgan fingerprint density at radius 3 is 2.83 bits per heavy atom. The summed E-state index contributed by atoms with van der Waals surface area (Å²) in [5, 5.41) is 4.22. The van der Waals surface area contributed by atoms with E-state index in [0.29, 0.717) is 22.2 Å². The topological polar surface area (TPSA) is 32.3 Å². The predicted octanol–water partition coefficient (Wildman–Crippen LogP) is 2.85. The van der Waals surface area contributed by atoms with Crippen LogP contribution in [0, 0.1) is 0 Å². The van der Waals surface area contributed by atoms with Gasteiger partial charge in [-0.05, 0) is 25.1 Å². The Labute approximate surface area is 123 Å². The summed E-state index contributed by atoms with van der Waals surface area (Å²) in [7, 11) is 0. The summed E-state index contributed by atoms with van der Waals surface area (Å²) in [6.45, 7) is 4.34. The van der Waals surface area contributed by atoms with Gasteiger partial charge >= 0.3 is 0 Å². The van der Waals surface area contributed by atoms with Crippen LogP contribution in [0.1, 0.15) is 17.3 Å². The van der Waals surface area contributed by atoms with Gasteiger partial charge in [0.15, 0.2) is 0 Å². The summed E-state index contributed by atoms with van der Waals surface area (Å²) < 4.78 is 0. The normalized spacial score (nSPS) is 19.3. The highest BCUT2D eigenvalue weighted by atomic mass is 35.5. The van der Waals surface area contributed by atoms with E-state index < -0.39 is 0 Å². The monoisotopic (exact) mass is 308 g/mol. The van der Waals surface area contributed by atoms with Gasteiger partial charge in [-0.1, -0.05) is 23.2 Å². The largest absolute Gasteiger partial charge is 0.333 e. The highest BCUT2D eigenvalue weighted by Crippen LogP contribution is 2.23. The summed E-state index contributed by atoms with van der Waals surface area (Å²) in [6, 6.07) is 5.14. The molecule has 6 heteroatoms. The lowest BCUT2D eigenvalue weighted by atomic mass is 10.1. The summed E-state index contributed by atoms with van der Waals surface area (Å²) in [5.41, 5.74) is 0.480. The molecule has 1 unspecified atom stereocenters. The van der Waals surface area contributed by atoms with Gasteiger partial charge < -0.3 is 10.2 Å². The second-order valence-electron chi connectivity index (χ2n) is 4.18. The van der Waals surface area contributed by atoms with E-state index in [1.165, 1.54) is 0 Å². The average molecular weight is 310 g/mol. The van der Waals surface area contributed by atoms with Crippen LogP contribution in [-0.4, -0.2) is 36.5 Å². The SMILES string of the molecule is CC1CNCCN1C(=O)c1cc(Cl)ccc1Cl.Cl. The second-order valence-corrected chi connectivity index (χ2v) is 5.02. The molecule has 1 atom stereocenters. The third kappa shape index (κ3) is 3.29. The van der Waals surface area contributed by atoms with Crippen LogP contribution in [0.5, 0.6) is 0 Å². The number of hydrogen-bond donors (Lipinski definition) is 1. The summed E-state index contributed by atoms with van der Waals surface area (Å²) in [6.07, 6.45) is 0. The molecule has 0 aromatic heterocycles. The number of nitrogens with one attached hydrogen (secondary N) is 1. The first-order valence-corrected chi connectivity index (χ1v) is 6.32. The van der Waals surface area contributed by atoms with E-state index in [0.717, 1.165) is 13.1 Å². The minimum atomic E-state index is -0.0495. The van der Waals surface area contributed by atoms with Crippen LogP contribution in [0.2, 0.25) is 10.0 Å². The molecule has 0 saturated carbocycles. The molecule has 0 spiro atoms. The standard InChI is InChI=1S/C12H14Cl2N2O.ClH/c1-8-7-15-4-5-16(8)12(17)10-6-9(13)2-3-11(10)14;/h2-3,6,8,15H,4-5,7H2,1H3;1H. The maximum Gasteiger partial charge on any atom is 0.255 e. The van der Waals surface area contributed by atoms with Crippen molar-refractivity contribution in [2.24, 2.45) is 0 Å². The van der Waals surface area contributed by atoms with Crippen molar-refractivity contribution in [1.82, 2.24) is 10.2 Å². The molecule has 1 amide bonds. The Bertz CT molecular complexity index is 439. The minimum Gasteiger partial charge on any atom is -0.333 e. The molecule has 1 fully saturated rings. The van der Waals surface area contributed by atoms with Gasteiger partial charge in [0.1, 0.15) is 0 Å². The Morgan fingerprint density at radius 1 is 1.44 bits per heavy atom. The summed E-state index contributed by atoms with van der Waals surface area (Å²) >= 11 is 11.9. The second kappa shape index (κ2) is 6.62. The van der Waals surface area contributed by atoms with Crippen molar-refractivity contribution in [1.29, 1.82) is 0 Å². The van der Waals surface area contributed by atoms with Crippen molar-refractivity contribution in [2.75, 3.05) is 19.6 Å². The van der Waals surface area contributed by atoms with Crippen LogP contribution in [0.25, 0.3) is 0 Å². The summed E-state index contributed by atoms with van der Waals surface area (Å²) in [5.74, 6) is -0.0495. The number of piperazine rings is 1. The number of halogens is 3. The lowest BCUT2D eigenvalue weighted by molar-refractivity contribution is 0.0656. The van der Waals surface area contributed by atoms with E-state index in [2.05, 4.69) is 5.32 Å². The van der Waals surface area contributed by atoms with Crippen molar-refractivity contribution in [2.45, 2.75) is 13.0 Å². The number of hydrogen-bond acceptors (Lipinski definition) is 2. The van der Waals surface area contributed by atoms with E-state index in [-0.39, 0.29) is 24.4 Å². The third-order valence-corrected chi connectivity index (χ3v) is 3.49. The maximum atomic E-state index is 12.3. The fourth-order valence-corrected chi connectivity index (χ4v) is 2.33. The van der Waals surface area contributed by atoms with E-state index >= 15 is 0 Å². The number of amides is 1. The van der Waals surface area contributed by atoms with Crippen molar-refractivity contribution in [3.05, 3.63) is 33.8 Å². The van der Waals surface area contributed by atoms with Crippen molar-refractivity contribution in [3.63, 3.8) is 0 Å². The number of carbonyl (C=O) groups excluding carboxylic acids is 1. The van der Waals surface area contributed by atoms with Crippen LogP contribution < -0.4 is 5.32 Å². The molecule has 1 aromatic carbocycles. The van der Waals surface area contributed by atoms with Crippen LogP contribution in [-0.2, 0) is 0 Å². The molecule has 0 radical (unpaired) electrons. The van der Waals surface area contributed by atoms with Gasteiger partial charge in [-0.15, -0.1) is 12.4 Å². The smallest absolute Gasteiger partial charge is 0.255 e. The molecule has 100 valence electrons. The summed E-state index contributed by atoms with van der Waals surface area (Å²) in [4.78, 5) is 14.2. The van der Waals surface area contributed by atoms with E-state index in [4.69, 9.17) is 23.2 Å². The first-order chi connectivity index (χ1) is 8.09. The molecule has 0 bridgehead atoms. The van der Waals surface area contributed by atoms with E-state index in [1.807, 2.05) is 11.8 Å². The molecule has 1 aliphatic rings. The maximum absolute atomic E-state index is 12.3. The zero-order chi connectivity index (χ0) is 12.4. The van der Waals surface area contributed by atoms with Crippen LogP contribution in [0.3, 0.4) is 0 Å². The Balaban J connectivity index is 0.00000162. The highest BCUT2D eigenvalue weighted by Gasteiger charge is 2.25. The number of rotatable bonds is 1. The van der Waals surface area contributed by atoms with Crippen molar-refractivity contribution in [3.8, 4) is 0 Å². The fraction of sp³-hybridized carbons (Fsp3) is 0.417. The molecule has 18 heavy (non-hydrogen) atoms. The van der Waals surface area contributed by atoms with Gasteiger partial charge in [0.2, 0.25) is 0 Å². The lowest BCUT2D eigenvalue weighted by Gasteiger charge is -2.34. The van der Waals surface area contributed by atoms with Crippen molar-refractivity contribution >= 4 is 41.5 Å². The lowest BCUT2D eigenvalue weighted by Crippen LogP contribution is -2.52. The molecule has 1 N–H and O–H groups in total. The number of benzene rings is 1. The Hall–Kier alpha value is -0.480. The fourth-order valence-electron chi connectivity index (χ4n) is 1.96. The third-order valence-electron chi connectivity index (χ3n) is 2.92. The Kier molecular flexibility index (Phi) is 5.73. The van der Waals surface area contributed by atoms with E-state index in [1.54, 1.807) is 18.2 Å². The molecule has 0 aliphatic carbocycles. The molecule has 1 aliphatic heterocycles. The van der Waals surface area contributed by atoms with Gasteiger partial charge in [0.25, 0.3) is 5.91 Å². The van der Waals surface area contributed by atoms with Crippen molar-refractivity contribution < 1.29 is 4.79 Å². The Morgan fingerprint density at radius 2 is 2.17 bits per heavy atom. The molecular formula is C12H15Cl3N2O. The van der Waals surface area contributed by atoms with Crippen LogP contribution in [0.15, 0.2) is 18.2 Å². The van der Waals surface area contributed by atoms with Gasteiger partial charge in [-0.25, -0.2) is 0 Å². The minimum absolute atomic E-state index is 0. The van der Waals surface area contributed by atoms with Gasteiger partial charge in [-0.3, -0.25) is 4.79 Å². The van der Waals surface area contributed by atoms with Gasteiger partial charge in [0, 0.05) is 30.7 Å². The number of nitrogens with zero attached hydrogens (tertiary/aromatic N) is 1. The first-order valence-electron chi connectivity index (χ1n) is 5.56. The zero-order valence-corrected chi connectivity index (χ0v) is 12.3. The van der Waals surface area contributed by atoms with E-state index in [9.17, 15) is 4.79 Å². The van der Waals surface area contributed by atoms with Gasteiger partial charge in [-0.2, -0.15) is 0 Å². The highest BCUT2D eigenvalue weighted by molar-refractivity contribution is 6.35. The quantitative estimate of drug-likeness (QED) is 0.865. The molecule has 1 aromatic rings. The van der Waals surface area contributed by atoms with Crippen LogP contribution >= 0.6 is 35.6 Å². The van der Waals surface area contributed by atoms with Crippen LogP contribution in [0.4, 0.5) is 0 Å². The molecule has 3 nitrogen and oxygen atoms in total. The predicted molar refractivity (Wildman–Crippen MR) is 77.1 cm³/mol. The average Bonchev–Trinajstić information content (AvgIpc) is 2.32. The molecular weight excluding hydrogens is 295 g/mol. The first kappa shape index (κ1) is 15.6. The zero-order valence-electron chi connectivity index (χ0n) is 9.95. The van der Waals surface area contributed by atoms with Gasteiger partial charge in [0.05, 0.1) is 10.6 Å². The molecule has 2 rings (SSSR count). The molecule has 1 saturated heterocycles. The number of carbonyl (C=O) groups is 1. The molecule has 1 heterocycles.